The monoisotopic (exact) mass is 528 g/mol. The number of hydrogen-bond donors (Lipinski definition) is 2. The van der Waals surface area contributed by atoms with Crippen LogP contribution in [-0.4, -0.2) is 71.4 Å². The number of carbonyl (C=O) groups is 1. The zero-order chi connectivity index (χ0) is 25.8. The molecule has 2 aromatic heterocycles. The third-order valence-corrected chi connectivity index (χ3v) is 6.15. The number of anilines is 2. The first-order valence-corrected chi connectivity index (χ1v) is 11.2. The van der Waals surface area contributed by atoms with Gasteiger partial charge in [-0.05, 0) is 6.92 Å². The summed E-state index contributed by atoms with van der Waals surface area (Å²) in [7, 11) is 0. The smallest absolute Gasteiger partial charge is 0.379 e. The van der Waals surface area contributed by atoms with Crippen LogP contribution >= 0.6 is 11.3 Å². The number of thiazole rings is 1. The van der Waals surface area contributed by atoms with Gasteiger partial charge in [0.1, 0.15) is 10.6 Å². The highest BCUT2D eigenvalue weighted by Crippen LogP contribution is 2.36. The number of halogens is 6. The maximum Gasteiger partial charge on any atom is 0.443 e. The molecule has 0 aliphatic carbocycles. The normalized spacial score (nSPS) is 15.9. The van der Waals surface area contributed by atoms with Gasteiger partial charge >= 0.3 is 12.4 Å². The highest BCUT2D eigenvalue weighted by atomic mass is 32.1. The molecule has 35 heavy (non-hydrogen) atoms. The highest BCUT2D eigenvalue weighted by molar-refractivity contribution is 7.15. The first-order chi connectivity index (χ1) is 16.4. The predicted molar refractivity (Wildman–Crippen MR) is 114 cm³/mol. The van der Waals surface area contributed by atoms with Crippen LogP contribution in [0.4, 0.5) is 37.0 Å². The van der Waals surface area contributed by atoms with Gasteiger partial charge in [-0.15, -0.1) is 0 Å². The summed E-state index contributed by atoms with van der Waals surface area (Å²) in [6.07, 6.45) is -7.29. The van der Waals surface area contributed by atoms with Crippen LogP contribution in [-0.2, 0) is 21.9 Å². The van der Waals surface area contributed by atoms with Crippen LogP contribution in [0.2, 0.25) is 0 Å². The first kappa shape index (κ1) is 26.7. The van der Waals surface area contributed by atoms with Crippen LogP contribution in [0.3, 0.4) is 0 Å². The van der Waals surface area contributed by atoms with E-state index >= 15 is 0 Å². The van der Waals surface area contributed by atoms with Crippen molar-refractivity contribution in [1.82, 2.24) is 20.1 Å². The van der Waals surface area contributed by atoms with Crippen molar-refractivity contribution in [2.45, 2.75) is 31.7 Å². The van der Waals surface area contributed by atoms with E-state index in [9.17, 15) is 35.9 Å². The zero-order valence-electron chi connectivity index (χ0n) is 18.4. The number of amides is 1. The Balaban J connectivity index is 1.40. The molecule has 0 spiro atoms. The quantitative estimate of drug-likeness (QED) is 0.401. The van der Waals surface area contributed by atoms with E-state index in [4.69, 9.17) is 4.74 Å². The Labute approximate surface area is 199 Å². The van der Waals surface area contributed by atoms with Crippen LogP contribution < -0.4 is 15.8 Å². The molecular formula is C19H22F6N6O3S. The molecule has 1 aliphatic heterocycles. The summed E-state index contributed by atoms with van der Waals surface area (Å²) in [5, 5.41) is 7.12. The molecule has 1 saturated heterocycles. The lowest BCUT2D eigenvalue weighted by molar-refractivity contribution is -0.138. The molecule has 0 saturated carbocycles. The van der Waals surface area contributed by atoms with Crippen molar-refractivity contribution in [2.75, 3.05) is 49.6 Å². The molecule has 1 aliphatic rings. The molecule has 1 amide bonds. The van der Waals surface area contributed by atoms with Gasteiger partial charge in [-0.1, -0.05) is 11.3 Å². The second kappa shape index (κ2) is 10.8. The average molecular weight is 528 g/mol. The van der Waals surface area contributed by atoms with Gasteiger partial charge in [0.05, 0.1) is 37.7 Å². The molecule has 1 fully saturated rings. The Hall–Kier alpha value is -2.88. The zero-order valence-corrected chi connectivity index (χ0v) is 19.2. The van der Waals surface area contributed by atoms with E-state index in [1.165, 1.54) is 6.20 Å². The molecule has 3 rings (SSSR count). The number of nitrogens with zero attached hydrogens (tertiary/aromatic N) is 4. The van der Waals surface area contributed by atoms with Crippen LogP contribution in [0, 0.1) is 0 Å². The molecule has 2 aromatic rings. The number of carbonyl (C=O) groups excluding carboxylic acids is 1. The number of H-pyrrole nitrogens is 1. The molecule has 0 unspecified atom stereocenters. The first-order valence-electron chi connectivity index (χ1n) is 10.4. The fraction of sp³-hybridized carbons (Fsp3) is 0.579. The third-order valence-electron chi connectivity index (χ3n) is 5.05. The minimum Gasteiger partial charge on any atom is -0.379 e. The number of rotatable bonds is 8. The lowest BCUT2D eigenvalue weighted by atomic mass is 10.2. The summed E-state index contributed by atoms with van der Waals surface area (Å²) >= 11 is 0.554. The van der Waals surface area contributed by atoms with Crippen LogP contribution in [0.15, 0.2) is 17.2 Å². The second-order valence-electron chi connectivity index (χ2n) is 7.73. The van der Waals surface area contributed by atoms with Gasteiger partial charge < -0.3 is 19.9 Å². The molecule has 194 valence electrons. The van der Waals surface area contributed by atoms with E-state index in [-0.39, 0.29) is 25.5 Å². The van der Waals surface area contributed by atoms with E-state index in [0.717, 1.165) is 6.20 Å². The summed E-state index contributed by atoms with van der Waals surface area (Å²) in [5.41, 5.74) is -3.23. The minimum atomic E-state index is -4.86. The molecule has 0 radical (unpaired) electrons. The van der Waals surface area contributed by atoms with Crippen molar-refractivity contribution < 1.29 is 35.9 Å². The maximum absolute atomic E-state index is 13.1. The Morgan fingerprint density at radius 2 is 1.86 bits per heavy atom. The second-order valence-corrected chi connectivity index (χ2v) is 8.73. The molecule has 9 nitrogen and oxygen atoms in total. The lowest BCUT2D eigenvalue weighted by Crippen LogP contribution is -2.48. The predicted octanol–water partition coefficient (Wildman–Crippen LogP) is 2.82. The molecular weight excluding hydrogens is 506 g/mol. The fourth-order valence-electron chi connectivity index (χ4n) is 3.39. The van der Waals surface area contributed by atoms with E-state index in [2.05, 4.69) is 15.4 Å². The standard InChI is InChI=1S/C19H22F6N6O3S/c1-11(28-12-8-27-29-16(33)15(12)18(20,21)22)10-34-7-2-13(32)30-3-5-31(6-4-30)14-9-26-17(35-14)19(23,24)25/h8-9,11H,2-7,10H2,1H3,(H2,28,29,33)/t11-/m0/s1. The van der Waals surface area contributed by atoms with Gasteiger partial charge in [-0.25, -0.2) is 10.1 Å². The van der Waals surface area contributed by atoms with Crippen molar-refractivity contribution in [2.24, 2.45) is 0 Å². The van der Waals surface area contributed by atoms with Gasteiger partial charge in [0.2, 0.25) is 5.91 Å². The number of aromatic nitrogens is 3. The largest absolute Gasteiger partial charge is 0.443 e. The summed E-state index contributed by atoms with van der Waals surface area (Å²) < 4.78 is 82.8. The minimum absolute atomic E-state index is 0.0224. The Bertz CT molecular complexity index is 1060. The topological polar surface area (TPSA) is 103 Å². The number of hydrogen-bond acceptors (Lipinski definition) is 8. The summed E-state index contributed by atoms with van der Waals surface area (Å²) in [5.74, 6) is -0.205. The Kier molecular flexibility index (Phi) is 8.25. The number of alkyl halides is 6. The Morgan fingerprint density at radius 1 is 1.17 bits per heavy atom. The molecule has 1 atom stereocenters. The van der Waals surface area contributed by atoms with E-state index in [0.29, 0.717) is 42.5 Å². The number of aromatic amines is 1. The van der Waals surface area contributed by atoms with E-state index in [1.807, 2.05) is 0 Å². The average Bonchev–Trinajstić information content (AvgIpc) is 3.27. The molecule has 16 heteroatoms. The SMILES string of the molecule is C[C@@H](COCCC(=O)N1CCN(c2cnc(C(F)(F)F)s2)CC1)Nc1cn[nH]c(=O)c1C(F)(F)F. The molecule has 3 heterocycles. The van der Waals surface area contributed by atoms with E-state index in [1.54, 1.807) is 21.8 Å². The van der Waals surface area contributed by atoms with Crippen molar-refractivity contribution in [3.8, 4) is 0 Å². The van der Waals surface area contributed by atoms with Crippen molar-refractivity contribution >= 4 is 27.9 Å². The van der Waals surface area contributed by atoms with E-state index < -0.39 is 40.2 Å². The number of nitrogens with one attached hydrogen (secondary N) is 2. The van der Waals surface area contributed by atoms with Gasteiger partial charge in [0.15, 0.2) is 5.01 Å². The van der Waals surface area contributed by atoms with Gasteiger partial charge in [-0.2, -0.15) is 31.4 Å². The van der Waals surface area contributed by atoms with Gasteiger partial charge in [-0.3, -0.25) is 9.59 Å². The summed E-state index contributed by atoms with van der Waals surface area (Å²) in [6.45, 7) is 2.91. The highest BCUT2D eigenvalue weighted by Gasteiger charge is 2.38. The lowest BCUT2D eigenvalue weighted by Gasteiger charge is -2.35. The van der Waals surface area contributed by atoms with Crippen molar-refractivity contribution in [3.05, 3.63) is 33.3 Å². The van der Waals surface area contributed by atoms with Crippen molar-refractivity contribution in [1.29, 1.82) is 0 Å². The summed E-state index contributed by atoms with van der Waals surface area (Å²) in [6, 6.07) is -0.612. The van der Waals surface area contributed by atoms with Crippen LogP contribution in [0.1, 0.15) is 23.9 Å². The summed E-state index contributed by atoms with van der Waals surface area (Å²) in [4.78, 5) is 30.6. The van der Waals surface area contributed by atoms with Crippen LogP contribution in [0.5, 0.6) is 0 Å². The van der Waals surface area contributed by atoms with Gasteiger partial charge in [0, 0.05) is 32.2 Å². The number of piperazine rings is 1. The molecule has 0 aromatic carbocycles. The third kappa shape index (κ3) is 7.06. The fourth-order valence-corrected chi connectivity index (χ4v) is 4.23. The van der Waals surface area contributed by atoms with Crippen molar-refractivity contribution in [3.63, 3.8) is 0 Å². The molecule has 2 N–H and O–H groups in total. The number of ether oxygens (including phenoxy) is 1. The Morgan fingerprint density at radius 3 is 2.46 bits per heavy atom. The van der Waals surface area contributed by atoms with Crippen LogP contribution in [0.25, 0.3) is 0 Å². The van der Waals surface area contributed by atoms with Gasteiger partial charge in [0.25, 0.3) is 5.56 Å². The molecule has 0 bridgehead atoms. The maximum atomic E-state index is 13.1.